The van der Waals surface area contributed by atoms with E-state index in [0.717, 1.165) is 17.3 Å². The van der Waals surface area contributed by atoms with Gasteiger partial charge in [-0.25, -0.2) is 4.79 Å². The predicted octanol–water partition coefficient (Wildman–Crippen LogP) is 4.40. The third kappa shape index (κ3) is 7.88. The number of carbonyl (C=O) groups is 3. The van der Waals surface area contributed by atoms with Gasteiger partial charge in [0.25, 0.3) is 0 Å². The topological polar surface area (TPSA) is 83.5 Å². The first-order valence-corrected chi connectivity index (χ1v) is 11.9. The van der Waals surface area contributed by atoms with E-state index in [1.165, 1.54) is 17.3 Å². The minimum atomic E-state index is -1.05. The van der Waals surface area contributed by atoms with E-state index in [4.69, 9.17) is 0 Å². The molecule has 2 aromatic rings. The first-order chi connectivity index (χ1) is 14.4. The van der Waals surface area contributed by atoms with Gasteiger partial charge in [0.2, 0.25) is 11.0 Å². The van der Waals surface area contributed by atoms with Crippen LogP contribution in [0.2, 0.25) is 0 Å². The lowest BCUT2D eigenvalue weighted by molar-refractivity contribution is -0.141. The highest BCUT2D eigenvalue weighted by Gasteiger charge is 2.25. The van der Waals surface area contributed by atoms with Crippen LogP contribution in [0.3, 0.4) is 0 Å². The van der Waals surface area contributed by atoms with Crippen molar-refractivity contribution in [2.45, 2.75) is 32.1 Å². The van der Waals surface area contributed by atoms with E-state index in [1.54, 1.807) is 24.3 Å². The van der Waals surface area contributed by atoms with Gasteiger partial charge < -0.3 is 10.4 Å². The molecule has 0 heterocycles. The highest BCUT2D eigenvalue weighted by atomic mass is 32.2. The van der Waals surface area contributed by atoms with E-state index >= 15 is 0 Å². The van der Waals surface area contributed by atoms with Gasteiger partial charge in [-0.1, -0.05) is 78.8 Å². The van der Waals surface area contributed by atoms with Crippen molar-refractivity contribution >= 4 is 40.5 Å². The molecule has 0 bridgehead atoms. The summed E-state index contributed by atoms with van der Waals surface area (Å²) in [4.78, 5) is 36.4. The van der Waals surface area contributed by atoms with Gasteiger partial charge in [-0.2, -0.15) is 11.8 Å². The summed E-state index contributed by atoms with van der Waals surface area (Å²) in [5.74, 6) is -0.526. The molecule has 0 saturated carbocycles. The van der Waals surface area contributed by atoms with E-state index in [-0.39, 0.29) is 16.8 Å². The van der Waals surface area contributed by atoms with E-state index in [0.29, 0.717) is 23.5 Å². The number of thioether (sulfide) groups is 2. The highest BCUT2D eigenvalue weighted by molar-refractivity contribution is 8.14. The highest BCUT2D eigenvalue weighted by Crippen LogP contribution is 2.19. The number of carboxylic acids is 1. The molecule has 0 aromatic heterocycles. The number of carboxylic acid groups (broad SMARTS) is 1. The molecule has 0 aliphatic carbocycles. The number of nitrogens with one attached hydrogen (secondary N) is 1. The lowest BCUT2D eigenvalue weighted by Crippen LogP contribution is -2.45. The normalized spacial score (nSPS) is 12.7. The Balaban J connectivity index is 1.84. The summed E-state index contributed by atoms with van der Waals surface area (Å²) in [6, 6.07) is 16.0. The molecule has 2 N–H and O–H groups in total. The molecule has 0 radical (unpaired) electrons. The van der Waals surface area contributed by atoms with Gasteiger partial charge >= 0.3 is 5.97 Å². The van der Waals surface area contributed by atoms with E-state index in [1.807, 2.05) is 44.2 Å². The molecule has 2 atom stereocenters. The molecule has 0 aliphatic heterocycles. The van der Waals surface area contributed by atoms with Gasteiger partial charge in [0.1, 0.15) is 6.04 Å². The van der Waals surface area contributed by atoms with Gasteiger partial charge in [0.15, 0.2) is 0 Å². The molecule has 5 nitrogen and oxygen atoms in total. The smallest absolute Gasteiger partial charge is 0.327 e. The molecular weight excluding hydrogens is 418 g/mol. The quantitative estimate of drug-likeness (QED) is 0.533. The van der Waals surface area contributed by atoms with Crippen molar-refractivity contribution in [2.24, 2.45) is 5.92 Å². The summed E-state index contributed by atoms with van der Waals surface area (Å²) < 4.78 is 0. The number of hydrogen-bond acceptors (Lipinski definition) is 5. The third-order valence-electron chi connectivity index (χ3n) is 4.58. The molecule has 160 valence electrons. The third-order valence-corrected chi connectivity index (χ3v) is 6.75. The number of rotatable bonds is 11. The average Bonchev–Trinajstić information content (AvgIpc) is 2.75. The fourth-order valence-corrected chi connectivity index (χ4v) is 4.71. The summed E-state index contributed by atoms with van der Waals surface area (Å²) in [6.07, 6.45) is 0.531. The largest absolute Gasteiger partial charge is 0.480 e. The summed E-state index contributed by atoms with van der Waals surface area (Å²) >= 11 is 2.56. The zero-order valence-corrected chi connectivity index (χ0v) is 18.8. The number of benzene rings is 2. The minimum Gasteiger partial charge on any atom is -0.480 e. The van der Waals surface area contributed by atoms with Gasteiger partial charge in [-0.15, -0.1) is 0 Å². The van der Waals surface area contributed by atoms with Gasteiger partial charge in [-0.05, 0) is 18.9 Å². The monoisotopic (exact) mass is 445 g/mol. The first kappa shape index (κ1) is 24.0. The Kier molecular flexibility index (Phi) is 9.97. The molecule has 7 heteroatoms. The van der Waals surface area contributed by atoms with Crippen LogP contribution in [0.15, 0.2) is 54.6 Å². The number of carbonyl (C=O) groups excluding carboxylic acids is 2. The molecule has 0 spiro atoms. The van der Waals surface area contributed by atoms with Crippen molar-refractivity contribution in [3.05, 3.63) is 71.3 Å². The van der Waals surface area contributed by atoms with E-state index in [2.05, 4.69) is 5.32 Å². The van der Waals surface area contributed by atoms with Crippen LogP contribution in [0, 0.1) is 12.8 Å². The summed E-state index contributed by atoms with van der Waals surface area (Å²) in [5.41, 5.74) is 2.88. The van der Waals surface area contributed by atoms with Crippen molar-refractivity contribution in [1.29, 1.82) is 0 Å². The summed E-state index contributed by atoms with van der Waals surface area (Å²) in [6.45, 7) is 3.88. The fraction of sp³-hybridized carbons (Fsp3) is 0.348. The number of hydrogen-bond donors (Lipinski definition) is 2. The molecule has 1 amide bonds. The van der Waals surface area contributed by atoms with Gasteiger partial charge in [-0.3, -0.25) is 9.59 Å². The second kappa shape index (κ2) is 12.4. The molecule has 0 saturated heterocycles. The van der Waals surface area contributed by atoms with Crippen LogP contribution in [0.1, 0.15) is 34.8 Å². The Morgan fingerprint density at radius 3 is 2.27 bits per heavy atom. The lowest BCUT2D eigenvalue weighted by atomic mass is 10.1. The van der Waals surface area contributed by atoms with Crippen molar-refractivity contribution in [1.82, 2.24) is 5.32 Å². The summed E-state index contributed by atoms with van der Waals surface area (Å²) in [7, 11) is 0. The van der Waals surface area contributed by atoms with Crippen molar-refractivity contribution < 1.29 is 19.5 Å². The number of amides is 1. The average molecular weight is 446 g/mol. The Morgan fingerprint density at radius 2 is 1.67 bits per heavy atom. The Morgan fingerprint density at radius 1 is 1.00 bits per heavy atom. The first-order valence-electron chi connectivity index (χ1n) is 9.79. The molecule has 2 rings (SSSR count). The van der Waals surface area contributed by atoms with Crippen LogP contribution in [0.25, 0.3) is 0 Å². The zero-order valence-electron chi connectivity index (χ0n) is 17.2. The maximum Gasteiger partial charge on any atom is 0.327 e. The lowest BCUT2D eigenvalue weighted by Gasteiger charge is -2.19. The Bertz CT molecular complexity index is 840. The minimum absolute atomic E-state index is 0.0923. The maximum absolute atomic E-state index is 12.6. The summed E-state index contributed by atoms with van der Waals surface area (Å²) in [5, 5.41) is 12.0. The second-order valence-corrected chi connectivity index (χ2v) is 8.99. The number of aliphatic carboxylic acids is 1. The van der Waals surface area contributed by atoms with Crippen molar-refractivity contribution in [2.75, 3.05) is 11.5 Å². The van der Waals surface area contributed by atoms with Crippen LogP contribution in [-0.4, -0.2) is 39.6 Å². The van der Waals surface area contributed by atoms with Crippen LogP contribution in [0.4, 0.5) is 0 Å². The zero-order chi connectivity index (χ0) is 21.9. The second-order valence-electron chi connectivity index (χ2n) is 6.97. The van der Waals surface area contributed by atoms with E-state index in [9.17, 15) is 19.5 Å². The standard InChI is InChI=1S/C23H27NO4S2/c1-3-18(14-30-23(28)19-7-5-4-6-8-19)21(25)24-20(22(26)27)15-29-13-17-11-9-16(2)10-12-17/h4-12,18,20H,3,13-15H2,1-2H3,(H,24,25)(H,26,27)/t18-,20+/m1/s1. The molecule has 0 aliphatic rings. The molecule has 2 aromatic carbocycles. The number of aryl methyl sites for hydroxylation is 1. The molecule has 0 fully saturated rings. The van der Waals surface area contributed by atoms with Crippen molar-refractivity contribution in [3.63, 3.8) is 0 Å². The van der Waals surface area contributed by atoms with Gasteiger partial charge in [0.05, 0.1) is 0 Å². The molecule has 0 unspecified atom stereocenters. The SMILES string of the molecule is CC[C@H](CSC(=O)c1ccccc1)C(=O)N[C@@H](CSCc1ccc(C)cc1)C(=O)O. The van der Waals surface area contributed by atoms with Gasteiger partial charge in [0, 0.05) is 28.7 Å². The Labute approximate surface area is 186 Å². The Hall–Kier alpha value is -2.25. The van der Waals surface area contributed by atoms with Crippen LogP contribution in [-0.2, 0) is 15.3 Å². The van der Waals surface area contributed by atoms with Crippen molar-refractivity contribution in [3.8, 4) is 0 Å². The fourth-order valence-electron chi connectivity index (χ4n) is 2.66. The van der Waals surface area contributed by atoms with Crippen LogP contribution >= 0.6 is 23.5 Å². The molecular formula is C23H27NO4S2. The molecule has 30 heavy (non-hydrogen) atoms. The van der Waals surface area contributed by atoms with E-state index < -0.39 is 17.9 Å². The predicted molar refractivity (Wildman–Crippen MR) is 124 cm³/mol. The maximum atomic E-state index is 12.6. The van der Waals surface area contributed by atoms with Crippen LogP contribution < -0.4 is 5.32 Å². The van der Waals surface area contributed by atoms with Crippen LogP contribution in [0.5, 0.6) is 0 Å².